The number of aryl methyl sites for hydroxylation is 2. The number of morpholine rings is 1. The number of thioether (sulfide) groups is 1. The fourth-order valence-corrected chi connectivity index (χ4v) is 3.93. The van der Waals surface area contributed by atoms with Gasteiger partial charge in [0.25, 0.3) is 0 Å². The molecule has 1 amide bonds. The van der Waals surface area contributed by atoms with Gasteiger partial charge in [-0.25, -0.2) is 0 Å². The molecule has 3 rings (SSSR count). The zero-order valence-corrected chi connectivity index (χ0v) is 16.4. The van der Waals surface area contributed by atoms with Gasteiger partial charge in [-0.1, -0.05) is 17.7 Å². The van der Waals surface area contributed by atoms with E-state index in [4.69, 9.17) is 4.74 Å². The third-order valence-electron chi connectivity index (χ3n) is 4.51. The van der Waals surface area contributed by atoms with Crippen LogP contribution in [0.4, 0.5) is 11.4 Å². The molecule has 1 heterocycles. The van der Waals surface area contributed by atoms with Crippen molar-refractivity contribution in [1.29, 1.82) is 0 Å². The van der Waals surface area contributed by atoms with E-state index in [1.165, 1.54) is 16.8 Å². The molecule has 0 radical (unpaired) electrons. The van der Waals surface area contributed by atoms with E-state index in [2.05, 4.69) is 54.4 Å². The molecule has 2 aromatic carbocycles. The van der Waals surface area contributed by atoms with Crippen LogP contribution < -0.4 is 10.2 Å². The molecule has 5 heteroatoms. The molecular weight excluding hydrogens is 344 g/mol. The largest absolute Gasteiger partial charge is 0.378 e. The van der Waals surface area contributed by atoms with Crippen LogP contribution in [-0.2, 0) is 9.53 Å². The van der Waals surface area contributed by atoms with Gasteiger partial charge < -0.3 is 15.0 Å². The summed E-state index contributed by atoms with van der Waals surface area (Å²) in [5, 5.41) is 2.86. The van der Waals surface area contributed by atoms with E-state index in [1.54, 1.807) is 11.8 Å². The Morgan fingerprint density at radius 3 is 2.46 bits per heavy atom. The Hall–Kier alpha value is -1.98. The normalized spacial score (nSPS) is 15.6. The van der Waals surface area contributed by atoms with E-state index in [0.717, 1.165) is 36.9 Å². The molecule has 1 fully saturated rings. The number of amides is 1. The van der Waals surface area contributed by atoms with Gasteiger partial charge in [0.1, 0.15) is 0 Å². The summed E-state index contributed by atoms with van der Waals surface area (Å²) in [6.45, 7) is 9.48. The van der Waals surface area contributed by atoms with Crippen molar-refractivity contribution in [3.8, 4) is 0 Å². The highest BCUT2D eigenvalue weighted by Gasteiger charge is 2.16. The van der Waals surface area contributed by atoms with Gasteiger partial charge in [-0.3, -0.25) is 4.79 Å². The molecule has 0 spiro atoms. The van der Waals surface area contributed by atoms with Gasteiger partial charge >= 0.3 is 0 Å². The van der Waals surface area contributed by atoms with Gasteiger partial charge in [-0.05, 0) is 56.7 Å². The van der Waals surface area contributed by atoms with Gasteiger partial charge in [-0.15, -0.1) is 11.8 Å². The smallest absolute Gasteiger partial charge is 0.237 e. The van der Waals surface area contributed by atoms with Crippen LogP contribution >= 0.6 is 11.8 Å². The minimum absolute atomic E-state index is 0.0223. The fourth-order valence-electron chi connectivity index (χ4n) is 3.00. The summed E-state index contributed by atoms with van der Waals surface area (Å²) >= 11 is 1.60. The third-order valence-corrected chi connectivity index (χ3v) is 5.79. The highest BCUT2D eigenvalue weighted by atomic mass is 32.2. The first-order valence-electron chi connectivity index (χ1n) is 9.00. The molecule has 1 aliphatic rings. The lowest BCUT2D eigenvalue weighted by atomic mass is 10.2. The Bertz CT molecular complexity index is 755. The van der Waals surface area contributed by atoms with Crippen LogP contribution in [0.3, 0.4) is 0 Å². The van der Waals surface area contributed by atoms with Crippen LogP contribution in [-0.4, -0.2) is 37.5 Å². The number of nitrogens with one attached hydrogen (secondary N) is 1. The summed E-state index contributed by atoms with van der Waals surface area (Å²) in [7, 11) is 0. The number of ether oxygens (including phenoxy) is 1. The maximum absolute atomic E-state index is 12.5. The van der Waals surface area contributed by atoms with Gasteiger partial charge in [-0.2, -0.15) is 0 Å². The highest BCUT2D eigenvalue weighted by molar-refractivity contribution is 8.00. The van der Waals surface area contributed by atoms with Gasteiger partial charge in [0.05, 0.1) is 18.5 Å². The predicted molar refractivity (Wildman–Crippen MR) is 109 cm³/mol. The lowest BCUT2D eigenvalue weighted by Gasteiger charge is -2.29. The zero-order valence-electron chi connectivity index (χ0n) is 15.6. The van der Waals surface area contributed by atoms with Crippen LogP contribution in [0.1, 0.15) is 18.1 Å². The number of anilines is 2. The maximum Gasteiger partial charge on any atom is 0.237 e. The molecule has 0 bridgehead atoms. The predicted octanol–water partition coefficient (Wildman–Crippen LogP) is 4.26. The van der Waals surface area contributed by atoms with Gasteiger partial charge in [0, 0.05) is 29.4 Å². The minimum atomic E-state index is -0.157. The molecule has 0 aliphatic carbocycles. The van der Waals surface area contributed by atoms with Crippen molar-refractivity contribution < 1.29 is 9.53 Å². The first-order valence-corrected chi connectivity index (χ1v) is 9.88. The van der Waals surface area contributed by atoms with Crippen molar-refractivity contribution in [2.24, 2.45) is 0 Å². The number of hydrogen-bond acceptors (Lipinski definition) is 4. The summed E-state index contributed by atoms with van der Waals surface area (Å²) in [4.78, 5) is 16.0. The average molecular weight is 371 g/mol. The lowest BCUT2D eigenvalue weighted by molar-refractivity contribution is -0.115. The van der Waals surface area contributed by atoms with E-state index in [9.17, 15) is 4.79 Å². The second kappa shape index (κ2) is 8.60. The first-order chi connectivity index (χ1) is 12.5. The molecule has 1 atom stereocenters. The average Bonchev–Trinajstić information content (AvgIpc) is 2.65. The molecule has 1 aliphatic heterocycles. The standard InChI is InChI=1S/C21H26N2O2S/c1-15-4-9-20(16(2)14-15)26-17(3)21(24)22-18-5-7-19(8-6-18)23-10-12-25-13-11-23/h4-9,14,17H,10-13H2,1-3H3,(H,22,24)/t17-/m0/s1. The number of benzene rings is 2. The Morgan fingerprint density at radius 2 is 1.81 bits per heavy atom. The second-order valence-electron chi connectivity index (χ2n) is 6.66. The van der Waals surface area contributed by atoms with Crippen molar-refractivity contribution in [3.63, 3.8) is 0 Å². The number of carbonyl (C=O) groups is 1. The van der Waals surface area contributed by atoms with Crippen LogP contribution in [0.25, 0.3) is 0 Å². The van der Waals surface area contributed by atoms with Gasteiger partial charge in [0.2, 0.25) is 5.91 Å². The van der Waals surface area contributed by atoms with Crippen molar-refractivity contribution >= 4 is 29.0 Å². The van der Waals surface area contributed by atoms with Gasteiger partial charge in [0.15, 0.2) is 0 Å². The minimum Gasteiger partial charge on any atom is -0.378 e. The van der Waals surface area contributed by atoms with Crippen molar-refractivity contribution in [3.05, 3.63) is 53.6 Å². The van der Waals surface area contributed by atoms with Crippen LogP contribution in [0.2, 0.25) is 0 Å². The quantitative estimate of drug-likeness (QED) is 0.799. The highest BCUT2D eigenvalue weighted by Crippen LogP contribution is 2.28. The number of nitrogens with zero attached hydrogens (tertiary/aromatic N) is 1. The molecule has 26 heavy (non-hydrogen) atoms. The molecule has 0 saturated carbocycles. The zero-order chi connectivity index (χ0) is 18.5. The summed E-state index contributed by atoms with van der Waals surface area (Å²) in [5.41, 5.74) is 4.46. The van der Waals surface area contributed by atoms with Crippen LogP contribution in [0.5, 0.6) is 0 Å². The molecule has 0 aromatic heterocycles. The number of hydrogen-bond donors (Lipinski definition) is 1. The molecule has 2 aromatic rings. The van der Waals surface area contributed by atoms with Crippen LogP contribution in [0.15, 0.2) is 47.4 Å². The van der Waals surface area contributed by atoms with Crippen molar-refractivity contribution in [2.75, 3.05) is 36.5 Å². The van der Waals surface area contributed by atoms with E-state index in [0.29, 0.717) is 0 Å². The summed E-state index contributed by atoms with van der Waals surface area (Å²) in [6.07, 6.45) is 0. The Morgan fingerprint density at radius 1 is 1.12 bits per heavy atom. The van der Waals surface area contributed by atoms with E-state index in [-0.39, 0.29) is 11.2 Å². The maximum atomic E-state index is 12.5. The second-order valence-corrected chi connectivity index (χ2v) is 8.05. The summed E-state index contributed by atoms with van der Waals surface area (Å²) < 4.78 is 5.39. The number of carbonyl (C=O) groups excluding carboxylic acids is 1. The van der Waals surface area contributed by atoms with E-state index in [1.807, 2.05) is 19.1 Å². The monoisotopic (exact) mass is 370 g/mol. The molecule has 1 saturated heterocycles. The van der Waals surface area contributed by atoms with E-state index < -0.39 is 0 Å². The Kier molecular flexibility index (Phi) is 6.22. The lowest BCUT2D eigenvalue weighted by Crippen LogP contribution is -2.36. The Labute approximate surface area is 159 Å². The summed E-state index contributed by atoms with van der Waals surface area (Å²) in [6, 6.07) is 14.4. The SMILES string of the molecule is Cc1ccc(S[C@@H](C)C(=O)Nc2ccc(N3CCOCC3)cc2)c(C)c1. The van der Waals surface area contributed by atoms with E-state index >= 15 is 0 Å². The van der Waals surface area contributed by atoms with Crippen LogP contribution in [0, 0.1) is 13.8 Å². The molecule has 0 unspecified atom stereocenters. The van der Waals surface area contributed by atoms with Crippen molar-refractivity contribution in [1.82, 2.24) is 0 Å². The molecular formula is C21H26N2O2S. The molecule has 138 valence electrons. The molecule has 4 nitrogen and oxygen atoms in total. The summed E-state index contributed by atoms with van der Waals surface area (Å²) in [5.74, 6) is 0.0223. The third kappa shape index (κ3) is 4.80. The number of rotatable bonds is 5. The first kappa shape index (κ1) is 18.8. The van der Waals surface area contributed by atoms with Crippen molar-refractivity contribution in [2.45, 2.75) is 30.9 Å². The topological polar surface area (TPSA) is 41.6 Å². The molecule has 1 N–H and O–H groups in total. The fraction of sp³-hybridized carbons (Fsp3) is 0.381. The Balaban J connectivity index is 1.58.